The maximum absolute atomic E-state index is 11.9. The standard InChI is InChI=1S/C13H14N2O2S/c1-8-5-9(2)11(14)6-10(8)13(16)17-7-12-15-3-4-18-12/h3-6H,7,14H2,1-2H3. The fourth-order valence-electron chi connectivity index (χ4n) is 1.62. The number of ether oxygens (including phenoxy) is 1. The van der Waals surface area contributed by atoms with E-state index in [2.05, 4.69) is 4.98 Å². The van der Waals surface area contributed by atoms with Crippen molar-refractivity contribution in [3.8, 4) is 0 Å². The van der Waals surface area contributed by atoms with Gasteiger partial charge in [0.1, 0.15) is 11.6 Å². The second-order valence-electron chi connectivity index (χ2n) is 4.03. The Morgan fingerprint density at radius 1 is 1.39 bits per heavy atom. The van der Waals surface area contributed by atoms with Crippen LogP contribution in [0.1, 0.15) is 26.5 Å². The second kappa shape index (κ2) is 5.18. The Morgan fingerprint density at radius 2 is 2.17 bits per heavy atom. The van der Waals surface area contributed by atoms with E-state index in [4.69, 9.17) is 10.5 Å². The van der Waals surface area contributed by atoms with Crippen molar-refractivity contribution in [1.29, 1.82) is 0 Å². The molecule has 94 valence electrons. The number of aryl methyl sites for hydroxylation is 2. The van der Waals surface area contributed by atoms with Crippen molar-refractivity contribution in [2.75, 3.05) is 5.73 Å². The molecule has 0 aliphatic heterocycles. The lowest BCUT2D eigenvalue weighted by Crippen LogP contribution is -2.08. The van der Waals surface area contributed by atoms with Crippen molar-refractivity contribution < 1.29 is 9.53 Å². The summed E-state index contributed by atoms with van der Waals surface area (Å²) in [6.45, 7) is 3.98. The van der Waals surface area contributed by atoms with Gasteiger partial charge >= 0.3 is 5.97 Å². The van der Waals surface area contributed by atoms with Gasteiger partial charge in [0.25, 0.3) is 0 Å². The number of anilines is 1. The molecule has 1 aromatic heterocycles. The van der Waals surface area contributed by atoms with Crippen molar-refractivity contribution in [2.24, 2.45) is 0 Å². The molecule has 0 saturated heterocycles. The summed E-state index contributed by atoms with van der Waals surface area (Å²) in [4.78, 5) is 16.0. The molecule has 0 amide bonds. The summed E-state index contributed by atoms with van der Waals surface area (Å²) in [5, 5.41) is 2.62. The maximum atomic E-state index is 11.9. The van der Waals surface area contributed by atoms with Gasteiger partial charge in [0, 0.05) is 17.3 Å². The molecule has 18 heavy (non-hydrogen) atoms. The van der Waals surface area contributed by atoms with Gasteiger partial charge in [-0.05, 0) is 31.0 Å². The Morgan fingerprint density at radius 3 is 2.83 bits per heavy atom. The zero-order chi connectivity index (χ0) is 13.1. The summed E-state index contributed by atoms with van der Waals surface area (Å²) < 4.78 is 5.20. The number of nitrogens with zero attached hydrogens (tertiary/aromatic N) is 1. The fourth-order valence-corrected chi connectivity index (χ4v) is 2.15. The van der Waals surface area contributed by atoms with Crippen LogP contribution in [0.4, 0.5) is 5.69 Å². The van der Waals surface area contributed by atoms with E-state index >= 15 is 0 Å². The van der Waals surface area contributed by atoms with Crippen LogP contribution in [-0.2, 0) is 11.3 Å². The number of hydrogen-bond acceptors (Lipinski definition) is 5. The third-order valence-electron chi connectivity index (χ3n) is 2.64. The first kappa shape index (κ1) is 12.6. The smallest absolute Gasteiger partial charge is 0.338 e. The zero-order valence-electron chi connectivity index (χ0n) is 10.3. The molecule has 0 unspecified atom stereocenters. The predicted octanol–water partition coefficient (Wildman–Crippen LogP) is 2.70. The molecule has 2 rings (SSSR count). The maximum Gasteiger partial charge on any atom is 0.338 e. The summed E-state index contributed by atoms with van der Waals surface area (Å²) in [6.07, 6.45) is 1.68. The summed E-state index contributed by atoms with van der Waals surface area (Å²) in [5.74, 6) is -0.366. The van der Waals surface area contributed by atoms with Crippen LogP contribution >= 0.6 is 11.3 Å². The number of nitrogens with two attached hydrogens (primary N) is 1. The van der Waals surface area contributed by atoms with Gasteiger partial charge in [0.15, 0.2) is 0 Å². The topological polar surface area (TPSA) is 65.2 Å². The van der Waals surface area contributed by atoms with E-state index < -0.39 is 0 Å². The van der Waals surface area contributed by atoms with Crippen molar-refractivity contribution >= 4 is 23.0 Å². The Bertz CT molecular complexity index is 565. The van der Waals surface area contributed by atoms with Gasteiger partial charge in [-0.1, -0.05) is 6.07 Å². The minimum atomic E-state index is -0.366. The van der Waals surface area contributed by atoms with Gasteiger partial charge in [0.2, 0.25) is 0 Å². The van der Waals surface area contributed by atoms with Crippen LogP contribution in [0.15, 0.2) is 23.7 Å². The van der Waals surface area contributed by atoms with Crippen LogP contribution in [0, 0.1) is 13.8 Å². The molecule has 0 aliphatic rings. The summed E-state index contributed by atoms with van der Waals surface area (Å²) in [5.41, 5.74) is 8.74. The predicted molar refractivity (Wildman–Crippen MR) is 71.6 cm³/mol. The molecule has 0 radical (unpaired) electrons. The van der Waals surface area contributed by atoms with E-state index in [9.17, 15) is 4.79 Å². The molecule has 0 saturated carbocycles. The van der Waals surface area contributed by atoms with Gasteiger partial charge in [-0.25, -0.2) is 9.78 Å². The first-order valence-electron chi connectivity index (χ1n) is 5.50. The molecule has 2 aromatic rings. The highest BCUT2D eigenvalue weighted by molar-refractivity contribution is 7.09. The minimum absolute atomic E-state index is 0.198. The SMILES string of the molecule is Cc1cc(C)c(C(=O)OCc2nccs2)cc1N. The second-order valence-corrected chi connectivity index (χ2v) is 5.00. The van der Waals surface area contributed by atoms with Crippen molar-refractivity contribution in [3.63, 3.8) is 0 Å². The molecule has 0 atom stereocenters. The molecule has 0 spiro atoms. The average Bonchev–Trinajstić information content (AvgIpc) is 2.84. The Labute approximate surface area is 109 Å². The largest absolute Gasteiger partial charge is 0.455 e. The van der Waals surface area contributed by atoms with Crippen LogP contribution in [0.3, 0.4) is 0 Å². The summed E-state index contributed by atoms with van der Waals surface area (Å²) in [7, 11) is 0. The van der Waals surface area contributed by atoms with Crippen LogP contribution in [0.5, 0.6) is 0 Å². The molecule has 0 fully saturated rings. The van der Waals surface area contributed by atoms with Gasteiger partial charge in [-0.15, -0.1) is 11.3 Å². The van der Waals surface area contributed by atoms with Gasteiger partial charge < -0.3 is 10.5 Å². The van der Waals surface area contributed by atoms with E-state index in [1.807, 2.05) is 25.3 Å². The average molecular weight is 262 g/mol. The normalized spacial score (nSPS) is 10.3. The number of rotatable bonds is 3. The summed E-state index contributed by atoms with van der Waals surface area (Å²) in [6, 6.07) is 3.55. The summed E-state index contributed by atoms with van der Waals surface area (Å²) >= 11 is 1.46. The molecule has 5 heteroatoms. The van der Waals surface area contributed by atoms with Crippen molar-refractivity contribution in [1.82, 2.24) is 4.98 Å². The number of benzene rings is 1. The number of aromatic nitrogens is 1. The molecule has 4 nitrogen and oxygen atoms in total. The number of carbonyl (C=O) groups is 1. The first-order chi connectivity index (χ1) is 8.58. The Balaban J connectivity index is 2.11. The minimum Gasteiger partial charge on any atom is -0.455 e. The van der Waals surface area contributed by atoms with Crippen LogP contribution in [0.2, 0.25) is 0 Å². The monoisotopic (exact) mass is 262 g/mol. The lowest BCUT2D eigenvalue weighted by atomic mass is 10.0. The highest BCUT2D eigenvalue weighted by atomic mass is 32.1. The Kier molecular flexibility index (Phi) is 3.62. The lowest BCUT2D eigenvalue weighted by molar-refractivity contribution is 0.0471. The molecule has 0 aliphatic carbocycles. The van der Waals surface area contributed by atoms with Gasteiger partial charge in [-0.3, -0.25) is 0 Å². The third kappa shape index (κ3) is 2.68. The number of nitrogen functional groups attached to an aromatic ring is 1. The number of carbonyl (C=O) groups excluding carboxylic acids is 1. The molecule has 1 aromatic carbocycles. The number of thiazole rings is 1. The number of esters is 1. The molecular weight excluding hydrogens is 248 g/mol. The fraction of sp³-hybridized carbons (Fsp3) is 0.231. The van der Waals surface area contributed by atoms with E-state index in [-0.39, 0.29) is 12.6 Å². The van der Waals surface area contributed by atoms with Gasteiger partial charge in [-0.2, -0.15) is 0 Å². The van der Waals surface area contributed by atoms with Crippen LogP contribution in [-0.4, -0.2) is 11.0 Å². The molecular formula is C13H14N2O2S. The van der Waals surface area contributed by atoms with E-state index in [1.54, 1.807) is 12.3 Å². The van der Waals surface area contributed by atoms with E-state index in [1.165, 1.54) is 11.3 Å². The molecule has 1 heterocycles. The number of hydrogen-bond donors (Lipinski definition) is 1. The van der Waals surface area contributed by atoms with E-state index in [0.29, 0.717) is 11.3 Å². The highest BCUT2D eigenvalue weighted by Crippen LogP contribution is 2.19. The zero-order valence-corrected chi connectivity index (χ0v) is 11.1. The van der Waals surface area contributed by atoms with Crippen molar-refractivity contribution in [2.45, 2.75) is 20.5 Å². The van der Waals surface area contributed by atoms with E-state index in [0.717, 1.165) is 16.1 Å². The molecule has 2 N–H and O–H groups in total. The van der Waals surface area contributed by atoms with Gasteiger partial charge in [0.05, 0.1) is 5.56 Å². The van der Waals surface area contributed by atoms with Crippen LogP contribution in [0.25, 0.3) is 0 Å². The van der Waals surface area contributed by atoms with Crippen LogP contribution < -0.4 is 5.73 Å². The Hall–Kier alpha value is -1.88. The third-order valence-corrected chi connectivity index (χ3v) is 3.40. The lowest BCUT2D eigenvalue weighted by Gasteiger charge is -2.09. The molecule has 0 bridgehead atoms. The first-order valence-corrected chi connectivity index (χ1v) is 6.38. The quantitative estimate of drug-likeness (QED) is 0.682. The highest BCUT2D eigenvalue weighted by Gasteiger charge is 2.13. The van der Waals surface area contributed by atoms with Crippen molar-refractivity contribution in [3.05, 3.63) is 45.4 Å².